The smallest absolute Gasteiger partial charge is 0.228 e. The lowest BCUT2D eigenvalue weighted by atomic mass is 9.96. The number of amides is 1. The maximum Gasteiger partial charge on any atom is 0.228 e. The van der Waals surface area contributed by atoms with Crippen LogP contribution in [0.2, 0.25) is 10.0 Å². The highest BCUT2D eigenvalue weighted by atomic mass is 35.5. The minimum absolute atomic E-state index is 0.0189. The topological polar surface area (TPSA) is 32.3 Å². The Morgan fingerprint density at radius 2 is 1.92 bits per heavy atom. The van der Waals surface area contributed by atoms with Gasteiger partial charge in [-0.05, 0) is 55.6 Å². The summed E-state index contributed by atoms with van der Waals surface area (Å²) < 4.78 is 0. The highest BCUT2D eigenvalue weighted by Gasteiger charge is 2.26. The molecule has 1 heterocycles. The predicted octanol–water partition coefficient (Wildman–Crippen LogP) is 5.15. The Kier molecular flexibility index (Phi) is 6.00. The predicted molar refractivity (Wildman–Crippen MR) is 104 cm³/mol. The number of benzene rings is 2. The molecule has 1 aliphatic rings. The summed E-state index contributed by atoms with van der Waals surface area (Å²) in [6.45, 7) is 4.43. The van der Waals surface area contributed by atoms with Gasteiger partial charge in [0.1, 0.15) is 0 Å². The van der Waals surface area contributed by atoms with E-state index in [1.54, 1.807) is 0 Å². The van der Waals surface area contributed by atoms with Crippen LogP contribution in [0.15, 0.2) is 42.5 Å². The van der Waals surface area contributed by atoms with Gasteiger partial charge >= 0.3 is 0 Å². The van der Waals surface area contributed by atoms with E-state index >= 15 is 0 Å². The summed E-state index contributed by atoms with van der Waals surface area (Å²) in [4.78, 5) is 15.0. The molecule has 1 aliphatic heterocycles. The second kappa shape index (κ2) is 8.22. The molecule has 132 valence electrons. The molecule has 1 amide bonds. The number of anilines is 1. The van der Waals surface area contributed by atoms with E-state index in [1.165, 1.54) is 0 Å². The Hall–Kier alpha value is -1.55. The van der Waals surface area contributed by atoms with E-state index in [1.807, 2.05) is 49.4 Å². The fourth-order valence-corrected chi connectivity index (χ4v) is 3.63. The van der Waals surface area contributed by atoms with Crippen molar-refractivity contribution < 1.29 is 4.79 Å². The Balaban J connectivity index is 1.63. The average molecular weight is 377 g/mol. The first-order chi connectivity index (χ1) is 12.0. The van der Waals surface area contributed by atoms with E-state index in [4.69, 9.17) is 23.2 Å². The first-order valence-electron chi connectivity index (χ1n) is 8.56. The number of halogens is 2. The van der Waals surface area contributed by atoms with Gasteiger partial charge in [0.25, 0.3) is 0 Å². The van der Waals surface area contributed by atoms with Crippen molar-refractivity contribution in [2.45, 2.75) is 26.3 Å². The first-order valence-corrected chi connectivity index (χ1v) is 9.32. The summed E-state index contributed by atoms with van der Waals surface area (Å²) in [6.07, 6.45) is 1.92. The Morgan fingerprint density at radius 1 is 1.16 bits per heavy atom. The summed E-state index contributed by atoms with van der Waals surface area (Å²) in [7, 11) is 0. The van der Waals surface area contributed by atoms with E-state index in [0.29, 0.717) is 5.02 Å². The summed E-state index contributed by atoms with van der Waals surface area (Å²) in [5.41, 5.74) is 2.80. The van der Waals surface area contributed by atoms with Gasteiger partial charge in [0.15, 0.2) is 0 Å². The van der Waals surface area contributed by atoms with Crippen LogP contribution in [-0.2, 0) is 11.3 Å². The monoisotopic (exact) mass is 376 g/mol. The molecule has 5 heteroatoms. The van der Waals surface area contributed by atoms with Gasteiger partial charge in [-0.2, -0.15) is 0 Å². The molecule has 3 rings (SSSR count). The van der Waals surface area contributed by atoms with Crippen LogP contribution in [0.5, 0.6) is 0 Å². The number of rotatable bonds is 4. The Bertz CT molecular complexity index is 763. The Labute approximate surface area is 158 Å². The van der Waals surface area contributed by atoms with Gasteiger partial charge in [-0.15, -0.1) is 0 Å². The molecule has 2 aromatic rings. The zero-order valence-corrected chi connectivity index (χ0v) is 15.8. The lowest BCUT2D eigenvalue weighted by Crippen LogP contribution is -2.40. The van der Waals surface area contributed by atoms with Crippen molar-refractivity contribution in [3.8, 4) is 0 Å². The molecule has 0 bridgehead atoms. The summed E-state index contributed by atoms with van der Waals surface area (Å²) >= 11 is 12.4. The van der Waals surface area contributed by atoms with Gasteiger partial charge in [0.05, 0.1) is 5.92 Å². The molecule has 3 nitrogen and oxygen atoms in total. The van der Waals surface area contributed by atoms with Crippen LogP contribution in [0, 0.1) is 12.8 Å². The third-order valence-electron chi connectivity index (χ3n) is 4.75. The van der Waals surface area contributed by atoms with Gasteiger partial charge in [-0.25, -0.2) is 0 Å². The number of carbonyl (C=O) groups is 1. The molecule has 0 unspecified atom stereocenters. The highest BCUT2D eigenvalue weighted by Crippen LogP contribution is 2.26. The molecule has 0 aromatic heterocycles. The van der Waals surface area contributed by atoms with E-state index in [2.05, 4.69) is 10.2 Å². The summed E-state index contributed by atoms with van der Waals surface area (Å²) in [5.74, 6) is 0.0452. The van der Waals surface area contributed by atoms with Crippen LogP contribution in [0.4, 0.5) is 5.69 Å². The van der Waals surface area contributed by atoms with Crippen molar-refractivity contribution in [2.75, 3.05) is 18.4 Å². The maximum absolute atomic E-state index is 12.7. The number of hydrogen-bond acceptors (Lipinski definition) is 2. The molecule has 1 atom stereocenters. The van der Waals surface area contributed by atoms with Crippen LogP contribution in [0.1, 0.15) is 24.0 Å². The molecule has 0 aliphatic carbocycles. The van der Waals surface area contributed by atoms with Crippen LogP contribution < -0.4 is 5.32 Å². The molecule has 0 saturated carbocycles. The van der Waals surface area contributed by atoms with Crippen LogP contribution in [-0.4, -0.2) is 23.9 Å². The SMILES string of the molecule is Cc1c(Cl)cccc1NC(=O)[C@@H]1CCCN(Cc2ccccc2Cl)C1. The molecule has 25 heavy (non-hydrogen) atoms. The third kappa shape index (κ3) is 4.55. The zero-order valence-electron chi connectivity index (χ0n) is 14.3. The molecule has 0 spiro atoms. The highest BCUT2D eigenvalue weighted by molar-refractivity contribution is 6.32. The molecule has 0 radical (unpaired) electrons. The molecule has 1 saturated heterocycles. The second-order valence-electron chi connectivity index (χ2n) is 6.57. The van der Waals surface area contributed by atoms with Crippen molar-refractivity contribution in [1.82, 2.24) is 4.90 Å². The zero-order chi connectivity index (χ0) is 17.8. The fourth-order valence-electron chi connectivity index (χ4n) is 3.26. The molecule has 2 aromatic carbocycles. The van der Waals surface area contributed by atoms with Crippen molar-refractivity contribution in [1.29, 1.82) is 0 Å². The van der Waals surface area contributed by atoms with E-state index in [9.17, 15) is 4.79 Å². The van der Waals surface area contributed by atoms with Crippen LogP contribution in [0.25, 0.3) is 0 Å². The van der Waals surface area contributed by atoms with Gasteiger partial charge < -0.3 is 5.32 Å². The van der Waals surface area contributed by atoms with Crippen molar-refractivity contribution in [3.05, 3.63) is 63.6 Å². The number of likely N-dealkylation sites (tertiary alicyclic amines) is 1. The van der Waals surface area contributed by atoms with Crippen molar-refractivity contribution in [2.24, 2.45) is 5.92 Å². The number of carbonyl (C=O) groups excluding carboxylic acids is 1. The maximum atomic E-state index is 12.7. The summed E-state index contributed by atoms with van der Waals surface area (Å²) in [5, 5.41) is 4.49. The van der Waals surface area contributed by atoms with Gasteiger partial charge in [-0.1, -0.05) is 47.5 Å². The molecule has 1 N–H and O–H groups in total. The minimum atomic E-state index is -0.0189. The van der Waals surface area contributed by atoms with Gasteiger partial charge in [0, 0.05) is 28.8 Å². The number of hydrogen-bond donors (Lipinski definition) is 1. The normalized spacial score (nSPS) is 18.1. The van der Waals surface area contributed by atoms with Crippen molar-refractivity contribution in [3.63, 3.8) is 0 Å². The van der Waals surface area contributed by atoms with E-state index < -0.39 is 0 Å². The summed E-state index contributed by atoms with van der Waals surface area (Å²) in [6, 6.07) is 13.5. The molecule has 1 fully saturated rings. The van der Waals surface area contributed by atoms with E-state index in [-0.39, 0.29) is 11.8 Å². The lowest BCUT2D eigenvalue weighted by molar-refractivity contribution is -0.121. The largest absolute Gasteiger partial charge is 0.326 e. The number of nitrogens with zero attached hydrogens (tertiary/aromatic N) is 1. The van der Waals surface area contributed by atoms with E-state index in [0.717, 1.165) is 54.3 Å². The minimum Gasteiger partial charge on any atom is -0.326 e. The molecular formula is C20H22Cl2N2O. The Morgan fingerprint density at radius 3 is 2.72 bits per heavy atom. The fraction of sp³-hybridized carbons (Fsp3) is 0.350. The first kappa shape index (κ1) is 18.2. The van der Waals surface area contributed by atoms with Crippen LogP contribution in [0.3, 0.4) is 0 Å². The van der Waals surface area contributed by atoms with Crippen LogP contribution >= 0.6 is 23.2 Å². The van der Waals surface area contributed by atoms with Gasteiger partial charge in [-0.3, -0.25) is 9.69 Å². The lowest BCUT2D eigenvalue weighted by Gasteiger charge is -2.32. The average Bonchev–Trinajstić information content (AvgIpc) is 2.61. The standard InChI is InChI=1S/C20H22Cl2N2O/c1-14-17(21)9-4-10-19(14)23-20(25)16-7-5-11-24(13-16)12-15-6-2-3-8-18(15)22/h2-4,6,8-10,16H,5,7,11-13H2,1H3,(H,23,25)/t16-/m1/s1. The number of nitrogens with one attached hydrogen (secondary N) is 1. The number of piperidine rings is 1. The quantitative estimate of drug-likeness (QED) is 0.799. The molecular weight excluding hydrogens is 355 g/mol. The third-order valence-corrected chi connectivity index (χ3v) is 5.53. The second-order valence-corrected chi connectivity index (χ2v) is 7.38. The van der Waals surface area contributed by atoms with Gasteiger partial charge in [0.2, 0.25) is 5.91 Å². The van der Waals surface area contributed by atoms with Crippen molar-refractivity contribution >= 4 is 34.8 Å².